The average molecular weight is 489 g/mol. The summed E-state index contributed by atoms with van der Waals surface area (Å²) >= 11 is 0. The number of hydrogen-bond donors (Lipinski definition) is 1. The van der Waals surface area contributed by atoms with Gasteiger partial charge < -0.3 is 10.5 Å². The Bertz CT molecular complexity index is 1200. The molecule has 4 aliphatic carbocycles. The number of pyridine rings is 1. The van der Waals surface area contributed by atoms with E-state index >= 15 is 0 Å². The van der Waals surface area contributed by atoms with Crippen LogP contribution in [0.25, 0.3) is 11.3 Å². The van der Waals surface area contributed by atoms with Crippen LogP contribution in [0.4, 0.5) is 19.0 Å². The lowest BCUT2D eigenvalue weighted by Crippen LogP contribution is -2.71. The quantitative estimate of drug-likeness (QED) is 0.714. The van der Waals surface area contributed by atoms with Gasteiger partial charge in [0.25, 0.3) is 0 Å². The first kappa shape index (κ1) is 22.1. The topological polar surface area (TPSA) is 72.4 Å². The first-order chi connectivity index (χ1) is 16.6. The first-order valence-corrected chi connectivity index (χ1v) is 12.5. The number of ether oxygens (including phenoxy) is 1. The van der Waals surface area contributed by atoms with Crippen LogP contribution in [0.5, 0.6) is 0 Å². The third kappa shape index (κ3) is 2.79. The number of nitrogens with two attached hydrogens (primary N) is 1. The zero-order chi connectivity index (χ0) is 24.5. The van der Waals surface area contributed by atoms with E-state index in [1.54, 1.807) is 0 Å². The molecule has 0 radical (unpaired) electrons. The minimum absolute atomic E-state index is 0.121. The lowest BCUT2D eigenvalue weighted by Gasteiger charge is -2.55. The molecule has 2 aromatic heterocycles. The van der Waals surface area contributed by atoms with Gasteiger partial charge >= 0.3 is 6.18 Å². The number of piperazine rings is 1. The standard InChI is InChI=1S/C25H31F3N6O/c1-13(2)34-19(8-17(31-34)14-6-16(25(26,27)28)22(29)30-9-14)24-15-7-18(21(24)20(15)24)33-5-4-32(3)23(10-33)11-35-12-23/h6,8-9,13,15,18,20-21H,4-5,7,10-12H2,1-3H3,(H2,29,30)/t15-,18?,20-,21?,24-/m1/s1. The molecule has 5 atom stereocenters. The third-order valence-corrected chi connectivity index (χ3v) is 9.66. The molecule has 8 rings (SSSR count). The molecule has 4 saturated carbocycles. The molecule has 10 heteroatoms. The predicted octanol–water partition coefficient (Wildman–Crippen LogP) is 3.03. The van der Waals surface area contributed by atoms with Gasteiger partial charge in [-0.1, -0.05) is 0 Å². The van der Waals surface area contributed by atoms with Crippen molar-refractivity contribution in [3.05, 3.63) is 29.6 Å². The molecule has 2 aromatic rings. The summed E-state index contributed by atoms with van der Waals surface area (Å²) in [6, 6.07) is 3.80. The second-order valence-electron chi connectivity index (χ2n) is 11.6. The maximum atomic E-state index is 13.4. The van der Waals surface area contributed by atoms with E-state index in [9.17, 15) is 13.2 Å². The van der Waals surface area contributed by atoms with Gasteiger partial charge in [-0.2, -0.15) is 18.3 Å². The van der Waals surface area contributed by atoms with Crippen LogP contribution in [0.1, 0.15) is 37.6 Å². The molecular formula is C25H31F3N6O. The second-order valence-corrected chi connectivity index (χ2v) is 11.6. The van der Waals surface area contributed by atoms with Crippen LogP contribution in [0, 0.1) is 17.8 Å². The zero-order valence-electron chi connectivity index (χ0n) is 20.2. The number of hydrogen-bond acceptors (Lipinski definition) is 6. The highest BCUT2D eigenvalue weighted by Gasteiger charge is 2.93. The molecule has 0 amide bonds. The van der Waals surface area contributed by atoms with Crippen molar-refractivity contribution in [2.24, 2.45) is 17.8 Å². The SMILES string of the molecule is CC(C)n1nc(-c2cnc(N)c(C(F)(F)F)c2)cc1[C@]12C3C(N4CCN(C)C5(COC5)C4)C[C@@H]1[C@H]32. The van der Waals surface area contributed by atoms with Crippen LogP contribution in [0.3, 0.4) is 0 Å². The van der Waals surface area contributed by atoms with E-state index in [1.807, 2.05) is 10.7 Å². The Hall–Kier alpha value is -2.17. The molecule has 188 valence electrons. The van der Waals surface area contributed by atoms with Crippen molar-refractivity contribution in [1.82, 2.24) is 24.6 Å². The van der Waals surface area contributed by atoms with E-state index in [1.165, 1.54) is 18.3 Å². The summed E-state index contributed by atoms with van der Waals surface area (Å²) in [6.07, 6.45) is -1.95. The smallest absolute Gasteiger partial charge is 0.383 e. The van der Waals surface area contributed by atoms with Gasteiger partial charge in [0.2, 0.25) is 0 Å². The molecule has 2 unspecified atom stereocenters. The Kier molecular flexibility index (Phi) is 4.27. The lowest BCUT2D eigenvalue weighted by molar-refractivity contribution is -0.166. The van der Waals surface area contributed by atoms with Gasteiger partial charge in [-0.05, 0) is 57.2 Å². The summed E-state index contributed by atoms with van der Waals surface area (Å²) in [7, 11) is 2.21. The lowest BCUT2D eigenvalue weighted by atomic mass is 9.91. The highest BCUT2D eigenvalue weighted by atomic mass is 19.4. The molecule has 6 aliphatic rings. The van der Waals surface area contributed by atoms with Crippen LogP contribution in [0.2, 0.25) is 0 Å². The number of rotatable bonds is 4. The van der Waals surface area contributed by atoms with Gasteiger partial charge in [0.15, 0.2) is 0 Å². The number of nitrogens with zero attached hydrogens (tertiary/aromatic N) is 5. The van der Waals surface area contributed by atoms with Gasteiger partial charge in [-0.3, -0.25) is 14.5 Å². The Morgan fingerprint density at radius 1 is 1.17 bits per heavy atom. The molecule has 1 spiro atoms. The van der Waals surface area contributed by atoms with E-state index in [0.717, 1.165) is 38.9 Å². The van der Waals surface area contributed by atoms with E-state index < -0.39 is 17.6 Å². The Labute approximate surface area is 202 Å². The molecule has 0 aromatic carbocycles. The van der Waals surface area contributed by atoms with E-state index in [2.05, 4.69) is 35.7 Å². The van der Waals surface area contributed by atoms with Crippen LogP contribution < -0.4 is 5.73 Å². The fourth-order valence-corrected chi connectivity index (χ4v) is 7.69. The molecular weight excluding hydrogens is 457 g/mol. The number of aromatic nitrogens is 3. The van der Waals surface area contributed by atoms with Gasteiger partial charge in [0.1, 0.15) is 5.82 Å². The Morgan fingerprint density at radius 3 is 2.57 bits per heavy atom. The minimum Gasteiger partial charge on any atom is -0.383 e. The Morgan fingerprint density at radius 2 is 1.94 bits per heavy atom. The average Bonchev–Trinajstić information content (AvgIpc) is 3.33. The molecule has 2 bridgehead atoms. The zero-order valence-corrected chi connectivity index (χ0v) is 20.2. The van der Waals surface area contributed by atoms with Gasteiger partial charge in [0.05, 0.1) is 30.0 Å². The summed E-state index contributed by atoms with van der Waals surface area (Å²) in [5, 5.41) is 4.79. The maximum Gasteiger partial charge on any atom is 0.419 e. The van der Waals surface area contributed by atoms with Crippen molar-refractivity contribution in [2.45, 2.75) is 49.5 Å². The van der Waals surface area contributed by atoms with Crippen LogP contribution in [-0.4, -0.2) is 76.0 Å². The fourth-order valence-electron chi connectivity index (χ4n) is 7.69. The van der Waals surface area contributed by atoms with Gasteiger partial charge in [-0.25, -0.2) is 4.98 Å². The number of likely N-dealkylation sites (N-methyl/N-ethyl adjacent to an activating group) is 1. The maximum absolute atomic E-state index is 13.4. The van der Waals surface area contributed by atoms with Crippen LogP contribution in [-0.2, 0) is 16.3 Å². The van der Waals surface area contributed by atoms with Crippen molar-refractivity contribution in [1.29, 1.82) is 0 Å². The van der Waals surface area contributed by atoms with E-state index in [0.29, 0.717) is 35.1 Å². The van der Waals surface area contributed by atoms with E-state index in [-0.39, 0.29) is 17.0 Å². The van der Waals surface area contributed by atoms with Crippen LogP contribution >= 0.6 is 0 Å². The van der Waals surface area contributed by atoms with Crippen molar-refractivity contribution >= 4 is 5.82 Å². The summed E-state index contributed by atoms with van der Waals surface area (Å²) in [5.41, 5.74) is 7.01. The molecule has 2 saturated heterocycles. The number of anilines is 1. The molecule has 4 heterocycles. The van der Waals surface area contributed by atoms with E-state index in [4.69, 9.17) is 15.6 Å². The number of nitrogen functional groups attached to an aromatic ring is 1. The predicted molar refractivity (Wildman–Crippen MR) is 124 cm³/mol. The largest absolute Gasteiger partial charge is 0.419 e. The van der Waals surface area contributed by atoms with Gasteiger partial charge in [0, 0.05) is 54.6 Å². The van der Waals surface area contributed by atoms with Crippen molar-refractivity contribution in [2.75, 3.05) is 45.6 Å². The normalized spacial score (nSPS) is 35.4. The highest BCUT2D eigenvalue weighted by Crippen LogP contribution is 2.91. The molecule has 2 aliphatic heterocycles. The summed E-state index contributed by atoms with van der Waals surface area (Å²) < 4.78 is 48.0. The van der Waals surface area contributed by atoms with Gasteiger partial charge in [-0.15, -0.1) is 0 Å². The monoisotopic (exact) mass is 488 g/mol. The van der Waals surface area contributed by atoms with Crippen LogP contribution in [0.15, 0.2) is 18.3 Å². The molecule has 7 nitrogen and oxygen atoms in total. The number of fused-ring (bicyclic) bond motifs is 1. The minimum atomic E-state index is -4.55. The Balaban J connectivity index is 1.19. The van der Waals surface area contributed by atoms with Crippen molar-refractivity contribution in [3.8, 4) is 11.3 Å². The van der Waals surface area contributed by atoms with Crippen molar-refractivity contribution in [3.63, 3.8) is 0 Å². The summed E-state index contributed by atoms with van der Waals surface area (Å²) in [5.74, 6) is 1.45. The highest BCUT2D eigenvalue weighted by molar-refractivity contribution is 5.65. The summed E-state index contributed by atoms with van der Waals surface area (Å²) in [4.78, 5) is 8.99. The molecule has 35 heavy (non-hydrogen) atoms. The summed E-state index contributed by atoms with van der Waals surface area (Å²) in [6.45, 7) is 9.00. The number of alkyl halides is 3. The third-order valence-electron chi connectivity index (χ3n) is 9.66. The second kappa shape index (κ2) is 6.77. The fraction of sp³-hybridized carbons (Fsp3) is 0.680. The first-order valence-electron chi connectivity index (χ1n) is 12.5. The number of halogens is 3. The van der Waals surface area contributed by atoms with Crippen molar-refractivity contribution < 1.29 is 17.9 Å². The molecule has 6 fully saturated rings. The molecule has 2 N–H and O–H groups in total.